The molecular formula is C21H26N2O4. The van der Waals surface area contributed by atoms with E-state index in [0.29, 0.717) is 5.56 Å². The Labute approximate surface area is 158 Å². The average molecular weight is 370 g/mol. The second kappa shape index (κ2) is 7.94. The van der Waals surface area contributed by atoms with E-state index in [0.717, 1.165) is 42.3 Å². The van der Waals surface area contributed by atoms with Crippen LogP contribution >= 0.6 is 0 Å². The van der Waals surface area contributed by atoms with Gasteiger partial charge < -0.3 is 15.0 Å². The molecule has 0 bridgehead atoms. The Morgan fingerprint density at radius 2 is 1.85 bits per heavy atom. The van der Waals surface area contributed by atoms with E-state index in [2.05, 4.69) is 10.3 Å². The maximum Gasteiger partial charge on any atom is 0.329 e. The number of hydrogen-bond acceptors (Lipinski definition) is 4. The minimum atomic E-state index is -0.923. The van der Waals surface area contributed by atoms with Crippen LogP contribution in [0.1, 0.15) is 55.6 Å². The summed E-state index contributed by atoms with van der Waals surface area (Å²) in [6.07, 6.45) is 2.91. The predicted molar refractivity (Wildman–Crippen MR) is 102 cm³/mol. The van der Waals surface area contributed by atoms with E-state index >= 15 is 0 Å². The van der Waals surface area contributed by atoms with Crippen molar-refractivity contribution in [2.45, 2.75) is 58.6 Å². The summed E-state index contributed by atoms with van der Waals surface area (Å²) >= 11 is 0. The van der Waals surface area contributed by atoms with Gasteiger partial charge in [0.1, 0.15) is 6.04 Å². The first-order valence-electron chi connectivity index (χ1n) is 9.47. The molecule has 27 heavy (non-hydrogen) atoms. The molecule has 1 saturated carbocycles. The smallest absolute Gasteiger partial charge is 0.329 e. The van der Waals surface area contributed by atoms with E-state index in [1.165, 1.54) is 6.92 Å². The number of hydrogen-bond donors (Lipinski definition) is 2. The van der Waals surface area contributed by atoms with Crippen LogP contribution in [-0.2, 0) is 14.3 Å². The normalized spacial score (nSPS) is 16.9. The standard InChI is InChI=1S/C21H26N2O4/c1-12-18(16-10-6-7-11-17(16)22-12)20(25)13(2)27-21(26)19(23-14(3)24)15-8-4-5-9-15/h6-7,10-11,13,15,19,22H,4-5,8-9H2,1-3H3,(H,23,24)/t13-,19-/m1/s1. The molecule has 0 unspecified atom stereocenters. The van der Waals surface area contributed by atoms with Crippen molar-refractivity contribution in [3.8, 4) is 0 Å². The number of benzene rings is 1. The molecule has 1 heterocycles. The van der Waals surface area contributed by atoms with Gasteiger partial charge in [0.15, 0.2) is 6.10 Å². The van der Waals surface area contributed by atoms with Gasteiger partial charge in [-0.2, -0.15) is 0 Å². The van der Waals surface area contributed by atoms with E-state index in [9.17, 15) is 14.4 Å². The van der Waals surface area contributed by atoms with Crippen molar-refractivity contribution in [1.29, 1.82) is 0 Å². The largest absolute Gasteiger partial charge is 0.453 e. The number of nitrogens with one attached hydrogen (secondary N) is 2. The molecule has 2 atom stereocenters. The van der Waals surface area contributed by atoms with E-state index in [1.807, 2.05) is 31.2 Å². The lowest BCUT2D eigenvalue weighted by Crippen LogP contribution is -2.46. The Morgan fingerprint density at radius 3 is 2.52 bits per heavy atom. The van der Waals surface area contributed by atoms with E-state index in [4.69, 9.17) is 4.74 Å². The molecule has 1 aromatic carbocycles. The summed E-state index contributed by atoms with van der Waals surface area (Å²) in [6, 6.07) is 6.86. The number of fused-ring (bicyclic) bond motifs is 1. The summed E-state index contributed by atoms with van der Waals surface area (Å²) in [4.78, 5) is 40.4. The molecule has 6 heteroatoms. The monoisotopic (exact) mass is 370 g/mol. The molecule has 0 aliphatic heterocycles. The molecule has 2 aromatic rings. The lowest BCUT2D eigenvalue weighted by Gasteiger charge is -2.24. The number of amides is 1. The molecule has 0 saturated heterocycles. The number of carbonyl (C=O) groups is 3. The summed E-state index contributed by atoms with van der Waals surface area (Å²) in [7, 11) is 0. The number of H-pyrrole nitrogens is 1. The van der Waals surface area contributed by atoms with Crippen LogP contribution in [0.5, 0.6) is 0 Å². The van der Waals surface area contributed by atoms with Crippen LogP contribution in [-0.4, -0.2) is 34.8 Å². The second-order valence-electron chi connectivity index (χ2n) is 7.34. The van der Waals surface area contributed by atoms with Gasteiger partial charge in [0, 0.05) is 29.1 Å². The fraction of sp³-hybridized carbons (Fsp3) is 0.476. The Kier molecular flexibility index (Phi) is 5.63. The highest BCUT2D eigenvalue weighted by Crippen LogP contribution is 2.29. The highest BCUT2D eigenvalue weighted by atomic mass is 16.5. The third-order valence-corrected chi connectivity index (χ3v) is 5.29. The Morgan fingerprint density at radius 1 is 1.19 bits per heavy atom. The summed E-state index contributed by atoms with van der Waals surface area (Å²) in [5.41, 5.74) is 2.17. The van der Waals surface area contributed by atoms with Crippen LogP contribution in [0, 0.1) is 12.8 Å². The minimum absolute atomic E-state index is 0.0681. The fourth-order valence-electron chi connectivity index (χ4n) is 3.98. The number of ketones is 1. The zero-order valence-electron chi connectivity index (χ0n) is 16.0. The number of esters is 1. The van der Waals surface area contributed by atoms with Crippen molar-refractivity contribution in [2.75, 3.05) is 0 Å². The summed E-state index contributed by atoms with van der Waals surface area (Å²) < 4.78 is 5.50. The van der Waals surface area contributed by atoms with Crippen LogP contribution in [0.25, 0.3) is 10.9 Å². The van der Waals surface area contributed by atoms with Crippen molar-refractivity contribution in [3.63, 3.8) is 0 Å². The van der Waals surface area contributed by atoms with Crippen LogP contribution in [0.2, 0.25) is 0 Å². The average Bonchev–Trinajstić information content (AvgIpc) is 3.25. The number of aromatic amines is 1. The molecule has 144 valence electrons. The molecule has 1 aromatic heterocycles. The number of carbonyl (C=O) groups excluding carboxylic acids is 3. The van der Waals surface area contributed by atoms with Gasteiger partial charge >= 0.3 is 5.97 Å². The highest BCUT2D eigenvalue weighted by molar-refractivity contribution is 6.11. The fourth-order valence-corrected chi connectivity index (χ4v) is 3.98. The molecular weight excluding hydrogens is 344 g/mol. The van der Waals surface area contributed by atoms with Crippen LogP contribution in [0.4, 0.5) is 0 Å². The molecule has 1 amide bonds. The first-order valence-corrected chi connectivity index (χ1v) is 9.47. The molecule has 1 aliphatic rings. The molecule has 6 nitrogen and oxygen atoms in total. The molecule has 2 N–H and O–H groups in total. The van der Waals surface area contributed by atoms with Gasteiger partial charge in [0.2, 0.25) is 11.7 Å². The first kappa shape index (κ1) is 19.1. The Bertz CT molecular complexity index is 864. The van der Waals surface area contributed by atoms with Gasteiger partial charge in [0.25, 0.3) is 0 Å². The predicted octanol–water partition coefficient (Wildman–Crippen LogP) is 3.29. The molecule has 0 radical (unpaired) electrons. The summed E-state index contributed by atoms with van der Waals surface area (Å²) in [5.74, 6) is -0.976. The van der Waals surface area contributed by atoms with Crippen molar-refractivity contribution in [1.82, 2.24) is 10.3 Å². The maximum absolute atomic E-state index is 13.0. The van der Waals surface area contributed by atoms with E-state index in [1.54, 1.807) is 6.92 Å². The van der Waals surface area contributed by atoms with Crippen molar-refractivity contribution >= 4 is 28.6 Å². The molecule has 0 spiro atoms. The quantitative estimate of drug-likeness (QED) is 0.603. The van der Waals surface area contributed by atoms with Gasteiger partial charge in [-0.05, 0) is 38.7 Å². The van der Waals surface area contributed by atoms with Crippen LogP contribution < -0.4 is 5.32 Å². The first-order chi connectivity index (χ1) is 12.9. The Balaban J connectivity index is 1.77. The lowest BCUT2D eigenvalue weighted by molar-refractivity contribution is -0.151. The zero-order chi connectivity index (χ0) is 19.6. The molecule has 1 fully saturated rings. The summed E-state index contributed by atoms with van der Waals surface area (Å²) in [6.45, 7) is 4.81. The number of aryl methyl sites for hydroxylation is 1. The second-order valence-corrected chi connectivity index (χ2v) is 7.34. The van der Waals surface area contributed by atoms with E-state index in [-0.39, 0.29) is 17.6 Å². The lowest BCUT2D eigenvalue weighted by atomic mass is 9.98. The zero-order valence-corrected chi connectivity index (χ0v) is 16.0. The number of para-hydroxylation sites is 1. The van der Waals surface area contributed by atoms with Crippen LogP contribution in [0.3, 0.4) is 0 Å². The maximum atomic E-state index is 13.0. The highest BCUT2D eigenvalue weighted by Gasteiger charge is 2.34. The topological polar surface area (TPSA) is 88.3 Å². The number of Topliss-reactive ketones (excluding diaryl/α,β-unsaturated/α-hetero) is 1. The number of ether oxygens (including phenoxy) is 1. The number of rotatable bonds is 6. The van der Waals surface area contributed by atoms with Gasteiger partial charge in [0.05, 0.1) is 0 Å². The van der Waals surface area contributed by atoms with Crippen LogP contribution in [0.15, 0.2) is 24.3 Å². The summed E-state index contributed by atoms with van der Waals surface area (Å²) in [5, 5.41) is 3.53. The van der Waals surface area contributed by atoms with Gasteiger partial charge in [-0.15, -0.1) is 0 Å². The van der Waals surface area contributed by atoms with Gasteiger partial charge in [-0.1, -0.05) is 31.0 Å². The van der Waals surface area contributed by atoms with Gasteiger partial charge in [-0.3, -0.25) is 9.59 Å². The van der Waals surface area contributed by atoms with E-state index < -0.39 is 18.1 Å². The van der Waals surface area contributed by atoms with Gasteiger partial charge in [-0.25, -0.2) is 4.79 Å². The SMILES string of the molecule is CC(=O)N[C@@H](C(=O)O[C@H](C)C(=O)c1c(C)[nH]c2ccccc12)C1CCCC1. The van der Waals surface area contributed by atoms with Crippen molar-refractivity contribution < 1.29 is 19.1 Å². The van der Waals surface area contributed by atoms with Crippen molar-refractivity contribution in [3.05, 3.63) is 35.5 Å². The third-order valence-electron chi connectivity index (χ3n) is 5.29. The molecule has 1 aliphatic carbocycles. The number of aromatic nitrogens is 1. The van der Waals surface area contributed by atoms with Crippen molar-refractivity contribution in [2.24, 2.45) is 5.92 Å². The third kappa shape index (κ3) is 4.04. The minimum Gasteiger partial charge on any atom is -0.453 e. The Hall–Kier alpha value is -2.63. The molecule has 3 rings (SSSR count).